The van der Waals surface area contributed by atoms with Gasteiger partial charge >= 0.3 is 0 Å². The highest BCUT2D eigenvalue weighted by Gasteiger charge is 2.38. The second-order valence-electron chi connectivity index (χ2n) is 9.00. The monoisotopic (exact) mass is 464 g/mol. The lowest BCUT2D eigenvalue weighted by Crippen LogP contribution is -2.50. The number of aliphatic hydroxyl groups is 1. The summed E-state index contributed by atoms with van der Waals surface area (Å²) < 4.78 is 34.8. The molecule has 0 fully saturated rings. The molecule has 1 heterocycles. The maximum atomic E-state index is 13.5. The SMILES string of the molecule is CCC(=O)N(C)C[C@H]1Oc2cc(C3=CCCCC3)ccc2S(=O)(=O)N([C@@H](C)CO)C[C@@H]1C. The van der Waals surface area contributed by atoms with Gasteiger partial charge in [-0.25, -0.2) is 8.42 Å². The minimum Gasteiger partial charge on any atom is -0.487 e. The lowest BCUT2D eigenvalue weighted by atomic mass is 9.93. The molecule has 1 amide bonds. The van der Waals surface area contributed by atoms with E-state index in [0.717, 1.165) is 24.8 Å². The van der Waals surface area contributed by atoms with Crippen LogP contribution in [-0.4, -0.2) is 67.5 Å². The van der Waals surface area contributed by atoms with Crippen molar-refractivity contribution in [2.75, 3.05) is 26.7 Å². The van der Waals surface area contributed by atoms with E-state index in [0.29, 0.717) is 18.7 Å². The summed E-state index contributed by atoms with van der Waals surface area (Å²) in [6.07, 6.45) is 6.52. The average Bonchev–Trinajstić information content (AvgIpc) is 2.80. The number of allylic oxidation sites excluding steroid dienone is 2. The molecule has 32 heavy (non-hydrogen) atoms. The molecule has 3 rings (SSSR count). The standard InChI is InChI=1S/C24H36N2O5S/c1-5-24(28)25(4)15-22-17(2)14-26(18(3)16-27)32(29,30)23-12-11-20(13-21(23)31-22)19-9-7-6-8-10-19/h9,11-13,17-18,22,27H,5-8,10,14-16H2,1-4H3/t17-,18-,22+/m0/s1. The van der Waals surface area contributed by atoms with Gasteiger partial charge in [-0.1, -0.05) is 26.0 Å². The Bertz CT molecular complexity index is 959. The molecule has 7 nitrogen and oxygen atoms in total. The van der Waals surface area contributed by atoms with Gasteiger partial charge in [-0.15, -0.1) is 0 Å². The van der Waals surface area contributed by atoms with E-state index in [1.807, 2.05) is 26.0 Å². The van der Waals surface area contributed by atoms with Crippen molar-refractivity contribution in [1.29, 1.82) is 0 Å². The zero-order chi connectivity index (χ0) is 23.5. The molecular weight excluding hydrogens is 428 g/mol. The lowest BCUT2D eigenvalue weighted by Gasteiger charge is -2.37. The highest BCUT2D eigenvalue weighted by atomic mass is 32.2. The minimum atomic E-state index is -3.86. The van der Waals surface area contributed by atoms with Crippen molar-refractivity contribution in [2.45, 2.75) is 69.9 Å². The van der Waals surface area contributed by atoms with Crippen molar-refractivity contribution in [3.63, 3.8) is 0 Å². The summed E-state index contributed by atoms with van der Waals surface area (Å²) in [5, 5.41) is 9.75. The van der Waals surface area contributed by atoms with E-state index in [1.54, 1.807) is 24.9 Å². The van der Waals surface area contributed by atoms with Crippen LogP contribution < -0.4 is 4.74 Å². The number of sulfonamides is 1. The smallest absolute Gasteiger partial charge is 0.247 e. The van der Waals surface area contributed by atoms with Crippen LogP contribution in [0.25, 0.3) is 5.57 Å². The summed E-state index contributed by atoms with van der Waals surface area (Å²) in [6, 6.07) is 4.74. The average molecular weight is 465 g/mol. The predicted octanol–water partition coefficient (Wildman–Crippen LogP) is 3.28. The lowest BCUT2D eigenvalue weighted by molar-refractivity contribution is -0.131. The summed E-state index contributed by atoms with van der Waals surface area (Å²) in [6.45, 7) is 5.75. The number of carbonyl (C=O) groups excluding carboxylic acids is 1. The largest absolute Gasteiger partial charge is 0.487 e. The van der Waals surface area contributed by atoms with Crippen LogP contribution in [0.3, 0.4) is 0 Å². The van der Waals surface area contributed by atoms with Crippen molar-refractivity contribution < 1.29 is 23.1 Å². The van der Waals surface area contributed by atoms with Gasteiger partial charge in [0.25, 0.3) is 0 Å². The number of nitrogens with zero attached hydrogens (tertiary/aromatic N) is 2. The molecule has 0 aromatic heterocycles. The van der Waals surface area contributed by atoms with Crippen LogP contribution in [0.5, 0.6) is 5.75 Å². The van der Waals surface area contributed by atoms with Crippen LogP contribution >= 0.6 is 0 Å². The van der Waals surface area contributed by atoms with E-state index in [2.05, 4.69) is 6.08 Å². The summed E-state index contributed by atoms with van der Waals surface area (Å²) in [7, 11) is -2.11. The van der Waals surface area contributed by atoms with Crippen LogP contribution in [-0.2, 0) is 14.8 Å². The third kappa shape index (κ3) is 5.18. The Morgan fingerprint density at radius 3 is 2.72 bits per heavy atom. The molecule has 1 aliphatic carbocycles. The maximum absolute atomic E-state index is 13.5. The van der Waals surface area contributed by atoms with Gasteiger partial charge in [0.05, 0.1) is 13.2 Å². The maximum Gasteiger partial charge on any atom is 0.247 e. The van der Waals surface area contributed by atoms with Crippen molar-refractivity contribution in [3.05, 3.63) is 29.8 Å². The zero-order valence-electron chi connectivity index (χ0n) is 19.6. The molecule has 0 saturated heterocycles. The van der Waals surface area contributed by atoms with E-state index in [4.69, 9.17) is 4.74 Å². The number of fused-ring (bicyclic) bond motifs is 1. The Hall–Kier alpha value is -1.90. The molecule has 2 aliphatic rings. The first-order valence-corrected chi connectivity index (χ1v) is 13.0. The number of hydrogen-bond acceptors (Lipinski definition) is 5. The van der Waals surface area contributed by atoms with Crippen LogP contribution in [0, 0.1) is 5.92 Å². The van der Waals surface area contributed by atoms with Crippen LogP contribution in [0.1, 0.15) is 58.4 Å². The number of hydrogen-bond donors (Lipinski definition) is 1. The molecular formula is C24H36N2O5S. The molecule has 1 N–H and O–H groups in total. The van der Waals surface area contributed by atoms with Crippen LogP contribution in [0.15, 0.2) is 29.2 Å². The molecule has 0 saturated carbocycles. The van der Waals surface area contributed by atoms with E-state index >= 15 is 0 Å². The fourth-order valence-electron chi connectivity index (χ4n) is 4.39. The molecule has 8 heteroatoms. The van der Waals surface area contributed by atoms with Gasteiger partial charge in [0, 0.05) is 32.0 Å². The number of ether oxygens (including phenoxy) is 1. The van der Waals surface area contributed by atoms with Gasteiger partial charge < -0.3 is 14.7 Å². The Morgan fingerprint density at radius 1 is 1.34 bits per heavy atom. The predicted molar refractivity (Wildman–Crippen MR) is 125 cm³/mol. The van der Waals surface area contributed by atoms with Crippen molar-refractivity contribution in [2.24, 2.45) is 5.92 Å². The van der Waals surface area contributed by atoms with Gasteiger partial charge in [0.2, 0.25) is 15.9 Å². The normalized spacial score (nSPS) is 24.3. The van der Waals surface area contributed by atoms with Gasteiger partial charge in [-0.05, 0) is 55.9 Å². The van der Waals surface area contributed by atoms with E-state index in [-0.39, 0.29) is 36.0 Å². The molecule has 3 atom stereocenters. The third-order valence-corrected chi connectivity index (χ3v) is 8.53. The minimum absolute atomic E-state index is 0.0115. The molecule has 0 radical (unpaired) electrons. The Morgan fingerprint density at radius 2 is 2.09 bits per heavy atom. The molecule has 178 valence electrons. The molecule has 0 bridgehead atoms. The number of amides is 1. The topological polar surface area (TPSA) is 87.2 Å². The van der Waals surface area contributed by atoms with Gasteiger partial charge in [0.1, 0.15) is 16.7 Å². The summed E-state index contributed by atoms with van der Waals surface area (Å²) in [5.41, 5.74) is 2.19. The summed E-state index contributed by atoms with van der Waals surface area (Å²) in [4.78, 5) is 14.0. The summed E-state index contributed by atoms with van der Waals surface area (Å²) in [5.74, 6) is 0.145. The fraction of sp³-hybridized carbons (Fsp3) is 0.625. The molecule has 0 spiro atoms. The molecule has 1 aromatic carbocycles. The Balaban J connectivity index is 2.07. The van der Waals surface area contributed by atoms with Crippen molar-refractivity contribution in [3.8, 4) is 5.75 Å². The fourth-order valence-corrected chi connectivity index (χ4v) is 6.21. The molecule has 1 aliphatic heterocycles. The van der Waals surface area contributed by atoms with Gasteiger partial charge in [0.15, 0.2) is 0 Å². The highest BCUT2D eigenvalue weighted by Crippen LogP contribution is 2.37. The third-order valence-electron chi connectivity index (χ3n) is 6.51. The van der Waals surface area contributed by atoms with E-state index in [9.17, 15) is 18.3 Å². The quantitative estimate of drug-likeness (QED) is 0.698. The highest BCUT2D eigenvalue weighted by molar-refractivity contribution is 7.89. The number of benzene rings is 1. The number of aliphatic hydroxyl groups excluding tert-OH is 1. The summed E-state index contributed by atoms with van der Waals surface area (Å²) >= 11 is 0. The van der Waals surface area contributed by atoms with E-state index < -0.39 is 16.1 Å². The number of rotatable bonds is 6. The van der Waals surface area contributed by atoms with Crippen molar-refractivity contribution in [1.82, 2.24) is 9.21 Å². The number of carbonyl (C=O) groups is 1. The van der Waals surface area contributed by atoms with Crippen molar-refractivity contribution >= 4 is 21.5 Å². The second-order valence-corrected chi connectivity index (χ2v) is 10.9. The first kappa shape index (κ1) is 24.7. The Kier molecular flexibility index (Phi) is 8.01. The second kappa shape index (κ2) is 10.4. The van der Waals surface area contributed by atoms with Crippen LogP contribution in [0.4, 0.5) is 0 Å². The van der Waals surface area contributed by atoms with Gasteiger partial charge in [-0.2, -0.15) is 4.31 Å². The van der Waals surface area contributed by atoms with Crippen LogP contribution in [0.2, 0.25) is 0 Å². The van der Waals surface area contributed by atoms with Gasteiger partial charge in [-0.3, -0.25) is 4.79 Å². The number of likely N-dealkylation sites (N-methyl/N-ethyl adjacent to an activating group) is 1. The zero-order valence-corrected chi connectivity index (χ0v) is 20.4. The molecule has 0 unspecified atom stereocenters. The molecule has 1 aromatic rings. The Labute approximate surface area is 192 Å². The first-order valence-electron chi connectivity index (χ1n) is 11.6. The first-order chi connectivity index (χ1) is 15.2. The van der Waals surface area contributed by atoms with E-state index in [1.165, 1.54) is 16.3 Å².